The molecule has 0 unspecified atom stereocenters. The van der Waals surface area contributed by atoms with Crippen molar-refractivity contribution in [2.45, 2.75) is 10.9 Å². The number of rotatable bonds is 8. The van der Waals surface area contributed by atoms with Crippen LogP contribution in [0, 0.1) is 0 Å². The summed E-state index contributed by atoms with van der Waals surface area (Å²) in [5, 5.41) is 14.2. The molecule has 156 valence electrons. The first-order chi connectivity index (χ1) is 15.3. The molecule has 0 saturated carbocycles. The summed E-state index contributed by atoms with van der Waals surface area (Å²) in [5.41, 5.74) is 3.04. The number of methoxy groups -OCH3 is 2. The molecule has 4 rings (SSSR count). The molecule has 1 aromatic heterocycles. The number of nitrogens with zero attached hydrogens (tertiary/aromatic N) is 4. The Morgan fingerprint density at radius 2 is 1.58 bits per heavy atom. The topological polar surface area (TPSA) is 61.5 Å². The summed E-state index contributed by atoms with van der Waals surface area (Å²) < 4.78 is 12.5. The van der Waals surface area contributed by atoms with Crippen molar-refractivity contribution in [3.63, 3.8) is 0 Å². The molecular formula is C24H22N4O2S. The van der Waals surface area contributed by atoms with Crippen molar-refractivity contribution in [2.24, 2.45) is 5.10 Å². The summed E-state index contributed by atoms with van der Waals surface area (Å²) in [7, 11) is 3.23. The minimum Gasteiger partial charge on any atom is -0.493 e. The Morgan fingerprint density at radius 1 is 0.871 bits per heavy atom. The van der Waals surface area contributed by atoms with E-state index in [1.54, 1.807) is 36.9 Å². The van der Waals surface area contributed by atoms with Crippen LogP contribution in [-0.4, -0.2) is 35.3 Å². The summed E-state index contributed by atoms with van der Waals surface area (Å²) in [6, 6.07) is 25.9. The molecule has 0 aliphatic carbocycles. The van der Waals surface area contributed by atoms with Crippen LogP contribution < -0.4 is 9.47 Å². The maximum Gasteiger partial charge on any atom is 0.212 e. The number of ether oxygens (including phenoxy) is 2. The van der Waals surface area contributed by atoms with Crippen LogP contribution in [0.25, 0.3) is 11.4 Å². The van der Waals surface area contributed by atoms with Gasteiger partial charge in [-0.05, 0) is 29.3 Å². The van der Waals surface area contributed by atoms with Crippen LogP contribution in [0.4, 0.5) is 0 Å². The van der Waals surface area contributed by atoms with Crippen LogP contribution in [0.3, 0.4) is 0 Å². The van der Waals surface area contributed by atoms with Crippen molar-refractivity contribution in [3.05, 3.63) is 90.0 Å². The Bertz CT molecular complexity index is 1160. The lowest BCUT2D eigenvalue weighted by Gasteiger charge is -2.08. The maximum atomic E-state index is 5.40. The minimum absolute atomic E-state index is 0.650. The van der Waals surface area contributed by atoms with Crippen molar-refractivity contribution in [1.82, 2.24) is 14.9 Å². The molecule has 0 aliphatic rings. The first-order valence-corrected chi connectivity index (χ1v) is 10.7. The van der Waals surface area contributed by atoms with Crippen molar-refractivity contribution >= 4 is 18.0 Å². The number of hydrogen-bond donors (Lipinski definition) is 0. The zero-order valence-corrected chi connectivity index (χ0v) is 18.1. The van der Waals surface area contributed by atoms with Gasteiger partial charge >= 0.3 is 0 Å². The standard InChI is InChI=1S/C24H22N4O2S/c1-29-21-14-13-19(15-22(21)30-2)16-25-28-23(20-11-7-4-8-12-20)26-27-24(28)31-17-18-9-5-3-6-10-18/h3-16H,17H2,1-2H3/b25-16+. The van der Waals surface area contributed by atoms with E-state index in [0.717, 1.165) is 22.0 Å². The van der Waals surface area contributed by atoms with Crippen LogP contribution in [-0.2, 0) is 5.75 Å². The van der Waals surface area contributed by atoms with E-state index in [4.69, 9.17) is 14.6 Å². The van der Waals surface area contributed by atoms with Crippen molar-refractivity contribution in [1.29, 1.82) is 0 Å². The molecule has 6 nitrogen and oxygen atoms in total. The van der Waals surface area contributed by atoms with Crippen molar-refractivity contribution in [2.75, 3.05) is 14.2 Å². The highest BCUT2D eigenvalue weighted by Crippen LogP contribution is 2.28. The Morgan fingerprint density at radius 3 is 2.29 bits per heavy atom. The summed E-state index contributed by atoms with van der Waals surface area (Å²) in [6.45, 7) is 0. The lowest BCUT2D eigenvalue weighted by Crippen LogP contribution is -1.98. The van der Waals surface area contributed by atoms with E-state index < -0.39 is 0 Å². The molecule has 0 fully saturated rings. The van der Waals surface area contributed by atoms with Gasteiger partial charge in [0.15, 0.2) is 17.3 Å². The molecule has 0 amide bonds. The highest BCUT2D eigenvalue weighted by atomic mass is 32.2. The molecule has 0 bridgehead atoms. The number of thioether (sulfide) groups is 1. The van der Waals surface area contributed by atoms with E-state index in [2.05, 4.69) is 22.3 Å². The lowest BCUT2D eigenvalue weighted by atomic mass is 10.2. The average Bonchev–Trinajstić information content (AvgIpc) is 3.25. The van der Waals surface area contributed by atoms with Crippen molar-refractivity contribution in [3.8, 4) is 22.9 Å². The predicted octanol–water partition coefficient (Wildman–Crippen LogP) is 5.14. The molecule has 4 aromatic rings. The monoisotopic (exact) mass is 430 g/mol. The highest BCUT2D eigenvalue weighted by molar-refractivity contribution is 7.98. The number of benzene rings is 3. The minimum atomic E-state index is 0.650. The third kappa shape index (κ3) is 4.95. The van der Waals surface area contributed by atoms with E-state index in [-0.39, 0.29) is 0 Å². The molecule has 0 radical (unpaired) electrons. The summed E-state index contributed by atoms with van der Waals surface area (Å²) >= 11 is 1.60. The second-order valence-corrected chi connectivity index (χ2v) is 7.56. The molecule has 0 saturated heterocycles. The molecular weight excluding hydrogens is 408 g/mol. The summed E-state index contributed by atoms with van der Waals surface area (Å²) in [6.07, 6.45) is 1.77. The number of aromatic nitrogens is 3. The Kier molecular flexibility index (Phi) is 6.64. The first kappa shape index (κ1) is 20.7. The van der Waals surface area contributed by atoms with E-state index >= 15 is 0 Å². The third-order valence-corrected chi connectivity index (χ3v) is 5.58. The summed E-state index contributed by atoms with van der Waals surface area (Å²) in [4.78, 5) is 0. The predicted molar refractivity (Wildman–Crippen MR) is 124 cm³/mol. The van der Waals surface area contributed by atoms with Gasteiger partial charge in [-0.25, -0.2) is 0 Å². The van der Waals surface area contributed by atoms with Gasteiger partial charge in [0.1, 0.15) is 0 Å². The van der Waals surface area contributed by atoms with Gasteiger partial charge in [-0.1, -0.05) is 72.4 Å². The average molecular weight is 431 g/mol. The molecule has 7 heteroatoms. The van der Waals surface area contributed by atoms with E-state index in [0.29, 0.717) is 17.3 Å². The Labute approximate surface area is 185 Å². The molecule has 0 N–H and O–H groups in total. The smallest absolute Gasteiger partial charge is 0.212 e. The van der Waals surface area contributed by atoms with Crippen LogP contribution >= 0.6 is 11.8 Å². The fourth-order valence-corrected chi connectivity index (χ4v) is 3.85. The zero-order chi connectivity index (χ0) is 21.5. The van der Waals surface area contributed by atoms with E-state index in [9.17, 15) is 0 Å². The molecule has 31 heavy (non-hydrogen) atoms. The van der Waals surface area contributed by atoms with Crippen LogP contribution in [0.15, 0.2) is 89.1 Å². The Balaban J connectivity index is 1.66. The Hall–Kier alpha value is -3.58. The van der Waals surface area contributed by atoms with Crippen molar-refractivity contribution < 1.29 is 9.47 Å². The van der Waals surface area contributed by atoms with Gasteiger partial charge in [-0.3, -0.25) is 0 Å². The fourth-order valence-electron chi connectivity index (χ4n) is 3.01. The third-order valence-electron chi connectivity index (χ3n) is 4.58. The quantitative estimate of drug-likeness (QED) is 0.286. The molecule has 0 aliphatic heterocycles. The lowest BCUT2D eigenvalue weighted by molar-refractivity contribution is 0.355. The van der Waals surface area contributed by atoms with E-state index in [1.165, 1.54) is 5.56 Å². The molecule has 0 atom stereocenters. The van der Waals surface area contributed by atoms with E-state index in [1.807, 2.05) is 66.7 Å². The van der Waals surface area contributed by atoms with Gasteiger partial charge < -0.3 is 9.47 Å². The second-order valence-electron chi connectivity index (χ2n) is 6.62. The zero-order valence-electron chi connectivity index (χ0n) is 17.3. The van der Waals surface area contributed by atoms with Gasteiger partial charge in [0.05, 0.1) is 20.4 Å². The van der Waals surface area contributed by atoms with Gasteiger partial charge in [0.25, 0.3) is 0 Å². The van der Waals surface area contributed by atoms with Gasteiger partial charge in [-0.2, -0.15) is 9.78 Å². The van der Waals surface area contributed by atoms with Gasteiger partial charge in [0.2, 0.25) is 5.16 Å². The number of hydrogen-bond acceptors (Lipinski definition) is 6. The first-order valence-electron chi connectivity index (χ1n) is 9.72. The highest BCUT2D eigenvalue weighted by Gasteiger charge is 2.14. The maximum absolute atomic E-state index is 5.40. The molecule has 1 heterocycles. The molecule has 3 aromatic carbocycles. The summed E-state index contributed by atoms with van der Waals surface area (Å²) in [5.74, 6) is 2.79. The normalized spacial score (nSPS) is 11.0. The SMILES string of the molecule is COc1ccc(/C=N/n2c(SCc3ccccc3)nnc2-c2ccccc2)cc1OC. The van der Waals surface area contributed by atoms with Crippen LogP contribution in [0.5, 0.6) is 11.5 Å². The fraction of sp³-hybridized carbons (Fsp3) is 0.125. The van der Waals surface area contributed by atoms with Gasteiger partial charge in [-0.15, -0.1) is 10.2 Å². The largest absolute Gasteiger partial charge is 0.493 e. The van der Waals surface area contributed by atoms with Crippen LogP contribution in [0.1, 0.15) is 11.1 Å². The van der Waals surface area contributed by atoms with Crippen LogP contribution in [0.2, 0.25) is 0 Å². The van der Waals surface area contributed by atoms with Gasteiger partial charge in [0, 0.05) is 11.3 Å². The second kappa shape index (κ2) is 9.95. The molecule has 0 spiro atoms.